The van der Waals surface area contributed by atoms with Crippen molar-refractivity contribution >= 4 is 28.8 Å². The van der Waals surface area contributed by atoms with Gasteiger partial charge in [0.05, 0.1) is 30.5 Å². The number of morpholine rings is 1. The molecule has 0 unspecified atom stereocenters. The number of ketones is 2. The lowest BCUT2D eigenvalue weighted by atomic mass is 9.58. The molecule has 4 aliphatic rings. The van der Waals surface area contributed by atoms with Crippen molar-refractivity contribution in [3.05, 3.63) is 39.9 Å². The van der Waals surface area contributed by atoms with E-state index >= 15 is 0 Å². The predicted molar refractivity (Wildman–Crippen MR) is 141 cm³/mol. The number of aliphatic hydroxyl groups is 3. The van der Waals surface area contributed by atoms with Crippen LogP contribution in [0.15, 0.2) is 28.7 Å². The fourth-order valence-corrected chi connectivity index (χ4v) is 6.73. The Kier molecular flexibility index (Phi) is 6.40. The van der Waals surface area contributed by atoms with Crippen LogP contribution in [0.4, 0.5) is 11.4 Å². The van der Waals surface area contributed by atoms with Crippen molar-refractivity contribution in [2.45, 2.75) is 24.5 Å². The summed E-state index contributed by atoms with van der Waals surface area (Å²) >= 11 is 0. The maximum absolute atomic E-state index is 14.1. The summed E-state index contributed by atoms with van der Waals surface area (Å²) in [5.74, 6) is -6.59. The summed E-state index contributed by atoms with van der Waals surface area (Å²) < 4.78 is 5.43. The van der Waals surface area contributed by atoms with E-state index in [-0.39, 0.29) is 29.7 Å². The van der Waals surface area contributed by atoms with E-state index in [9.17, 15) is 34.8 Å². The maximum Gasteiger partial charge on any atom is 0.255 e. The van der Waals surface area contributed by atoms with E-state index in [0.29, 0.717) is 37.6 Å². The molecule has 6 N–H and O–H groups in total. The number of allylic oxidation sites excluding steroid dienone is 1. The molecule has 12 heteroatoms. The standard InChI is InChI=1S/C27H34N4O8/c1-29(2)15-11-16(31-5-7-39-8-6-31)21(32)18-13(15)9-12-10-14-20(30(3)4)23(34)19(26(28)37)25(36)27(14,38)24(35)17(12)22(18)33/h11-12,14,20,32,34-35,38H,5-10H2,1-4H3,(H2,28,37)/t12-,14-,20+,27-/m0/s1. The molecule has 1 heterocycles. The third kappa shape index (κ3) is 3.73. The second-order valence-corrected chi connectivity index (χ2v) is 11.1. The number of anilines is 2. The molecule has 4 atom stereocenters. The quantitative estimate of drug-likeness (QED) is 0.324. The maximum atomic E-state index is 14.1. The minimum absolute atomic E-state index is 0.00322. The molecule has 1 aliphatic heterocycles. The van der Waals surface area contributed by atoms with Gasteiger partial charge in [0.1, 0.15) is 22.8 Å². The highest BCUT2D eigenvalue weighted by Gasteiger charge is 2.63. The number of nitrogens with two attached hydrogens (primary N) is 1. The Hall–Kier alpha value is -3.61. The Morgan fingerprint density at radius 1 is 1.13 bits per heavy atom. The lowest BCUT2D eigenvalue weighted by Gasteiger charge is -2.50. The van der Waals surface area contributed by atoms with Crippen LogP contribution in [0.5, 0.6) is 5.75 Å². The van der Waals surface area contributed by atoms with Crippen molar-refractivity contribution in [3.63, 3.8) is 0 Å². The number of amides is 1. The molecule has 12 nitrogen and oxygen atoms in total. The van der Waals surface area contributed by atoms with Crippen molar-refractivity contribution in [1.29, 1.82) is 0 Å². The smallest absolute Gasteiger partial charge is 0.255 e. The number of phenols is 1. The summed E-state index contributed by atoms with van der Waals surface area (Å²) in [4.78, 5) is 45.0. The number of hydrogen-bond acceptors (Lipinski definition) is 11. The number of phenolic OH excluding ortho intramolecular Hbond substituents is 1. The van der Waals surface area contributed by atoms with Gasteiger partial charge in [-0.3, -0.25) is 19.3 Å². The van der Waals surface area contributed by atoms with Crippen LogP contribution in [0.25, 0.3) is 0 Å². The summed E-state index contributed by atoms with van der Waals surface area (Å²) in [6.07, 6.45) is 0.281. The van der Waals surface area contributed by atoms with Crippen LogP contribution in [-0.4, -0.2) is 109 Å². The number of nitrogens with zero attached hydrogens (tertiary/aromatic N) is 3. The lowest BCUT2D eigenvalue weighted by Crippen LogP contribution is -2.63. The van der Waals surface area contributed by atoms with Gasteiger partial charge < -0.3 is 40.7 Å². The summed E-state index contributed by atoms with van der Waals surface area (Å²) in [6.45, 7) is 1.94. The number of primary amides is 1. The largest absolute Gasteiger partial charge is 0.510 e. The van der Waals surface area contributed by atoms with Crippen LogP contribution in [0.3, 0.4) is 0 Å². The number of hydrogen-bond donors (Lipinski definition) is 5. The average molecular weight is 543 g/mol. The third-order valence-electron chi connectivity index (χ3n) is 8.51. The Morgan fingerprint density at radius 3 is 2.33 bits per heavy atom. The van der Waals surface area contributed by atoms with Gasteiger partial charge in [0.15, 0.2) is 11.4 Å². The highest BCUT2D eigenvalue weighted by atomic mass is 16.5. The number of likely N-dealkylation sites (N-methyl/N-ethyl adjacent to an activating group) is 1. The molecule has 1 fully saturated rings. The van der Waals surface area contributed by atoms with Crippen LogP contribution in [0.2, 0.25) is 0 Å². The second kappa shape index (κ2) is 9.25. The Morgan fingerprint density at radius 2 is 1.77 bits per heavy atom. The minimum Gasteiger partial charge on any atom is -0.510 e. The molecule has 1 amide bonds. The molecule has 39 heavy (non-hydrogen) atoms. The normalized spacial score (nSPS) is 28.9. The first-order valence-corrected chi connectivity index (χ1v) is 12.9. The molecular formula is C27H34N4O8. The van der Waals surface area contributed by atoms with Crippen LogP contribution in [0, 0.1) is 11.8 Å². The Labute approximate surface area is 225 Å². The summed E-state index contributed by atoms with van der Waals surface area (Å²) in [5, 5.41) is 45.5. The van der Waals surface area contributed by atoms with Crippen LogP contribution in [0.1, 0.15) is 22.3 Å². The first-order valence-electron chi connectivity index (χ1n) is 12.9. The summed E-state index contributed by atoms with van der Waals surface area (Å²) in [5.41, 5.74) is 3.50. The molecule has 1 saturated heterocycles. The highest BCUT2D eigenvalue weighted by Crippen LogP contribution is 2.54. The molecule has 3 aliphatic carbocycles. The molecular weight excluding hydrogens is 508 g/mol. The first-order chi connectivity index (χ1) is 18.3. The van der Waals surface area contributed by atoms with Gasteiger partial charge in [0.25, 0.3) is 5.91 Å². The van der Waals surface area contributed by atoms with E-state index in [0.717, 1.165) is 5.69 Å². The first kappa shape index (κ1) is 27.0. The van der Waals surface area contributed by atoms with Crippen molar-refractivity contribution in [2.75, 3.05) is 64.3 Å². The fourth-order valence-electron chi connectivity index (χ4n) is 6.73. The molecule has 0 aromatic heterocycles. The number of aromatic hydroxyl groups is 1. The number of aliphatic hydroxyl groups excluding tert-OH is 2. The zero-order valence-electron chi connectivity index (χ0n) is 22.4. The van der Waals surface area contributed by atoms with Crippen molar-refractivity contribution < 1.29 is 39.5 Å². The fraction of sp³-hybridized carbons (Fsp3) is 0.519. The predicted octanol–water partition coefficient (Wildman–Crippen LogP) is 0.0232. The number of Topliss-reactive ketones (excluding diaryl/α,β-unsaturated/α-hetero) is 2. The van der Waals surface area contributed by atoms with E-state index in [4.69, 9.17) is 10.5 Å². The highest BCUT2D eigenvalue weighted by molar-refractivity contribution is 6.25. The molecule has 0 saturated carbocycles. The molecule has 1 aromatic carbocycles. The zero-order valence-corrected chi connectivity index (χ0v) is 22.4. The van der Waals surface area contributed by atoms with Gasteiger partial charge in [0, 0.05) is 44.4 Å². The van der Waals surface area contributed by atoms with E-state index < -0.39 is 58.0 Å². The van der Waals surface area contributed by atoms with Crippen molar-refractivity contribution in [3.8, 4) is 5.75 Å². The van der Waals surface area contributed by atoms with E-state index in [1.807, 2.05) is 30.0 Å². The average Bonchev–Trinajstić information content (AvgIpc) is 2.86. The Bertz CT molecular complexity index is 1340. The van der Waals surface area contributed by atoms with Crippen molar-refractivity contribution in [1.82, 2.24) is 4.90 Å². The van der Waals surface area contributed by atoms with Crippen LogP contribution in [-0.2, 0) is 20.7 Å². The topological polar surface area (TPSA) is 177 Å². The van der Waals surface area contributed by atoms with Crippen molar-refractivity contribution in [2.24, 2.45) is 17.6 Å². The van der Waals surface area contributed by atoms with E-state index in [2.05, 4.69) is 0 Å². The molecule has 0 bridgehead atoms. The molecule has 210 valence electrons. The number of carbonyl (C=O) groups excluding carboxylic acids is 3. The third-order valence-corrected chi connectivity index (χ3v) is 8.51. The minimum atomic E-state index is -2.66. The second-order valence-electron chi connectivity index (χ2n) is 11.1. The molecule has 1 aromatic rings. The number of carbonyl (C=O) groups is 3. The van der Waals surface area contributed by atoms with Gasteiger partial charge in [-0.15, -0.1) is 0 Å². The zero-order chi connectivity index (χ0) is 28.5. The number of benzene rings is 1. The SMILES string of the molecule is CN(C)c1cc(N2CCOCC2)c(O)c2c1C[C@H]1C[C@H]3[C@@H](N(C)C)C(O)=C(C(N)=O)C(=O)[C@@]3(O)C(O)=C1C2=O. The van der Waals surface area contributed by atoms with E-state index in [1.165, 1.54) is 4.90 Å². The summed E-state index contributed by atoms with van der Waals surface area (Å²) in [6, 6.07) is 0.807. The van der Waals surface area contributed by atoms with Crippen LogP contribution >= 0.6 is 0 Å². The molecule has 0 radical (unpaired) electrons. The van der Waals surface area contributed by atoms with Crippen LogP contribution < -0.4 is 15.5 Å². The van der Waals surface area contributed by atoms with Gasteiger partial charge in [0.2, 0.25) is 5.78 Å². The lowest BCUT2D eigenvalue weighted by molar-refractivity contribution is -0.148. The van der Waals surface area contributed by atoms with Gasteiger partial charge in [-0.25, -0.2) is 0 Å². The van der Waals surface area contributed by atoms with Gasteiger partial charge in [-0.2, -0.15) is 0 Å². The number of fused-ring (bicyclic) bond motifs is 3. The number of rotatable bonds is 4. The summed E-state index contributed by atoms with van der Waals surface area (Å²) in [7, 11) is 6.86. The molecule has 0 spiro atoms. The van der Waals surface area contributed by atoms with Gasteiger partial charge in [-0.1, -0.05) is 0 Å². The van der Waals surface area contributed by atoms with E-state index in [1.54, 1.807) is 14.1 Å². The van der Waals surface area contributed by atoms with Gasteiger partial charge in [-0.05, 0) is 44.5 Å². The molecule has 5 rings (SSSR count). The van der Waals surface area contributed by atoms with Gasteiger partial charge >= 0.3 is 0 Å². The number of ether oxygens (including phenoxy) is 1. The monoisotopic (exact) mass is 542 g/mol. The Balaban J connectivity index is 1.72.